The highest BCUT2D eigenvalue weighted by Crippen LogP contribution is 2.26. The van der Waals surface area contributed by atoms with E-state index < -0.39 is 0 Å². The summed E-state index contributed by atoms with van der Waals surface area (Å²) < 4.78 is 0. The predicted octanol–water partition coefficient (Wildman–Crippen LogP) is 1.99. The molecule has 14 heavy (non-hydrogen) atoms. The summed E-state index contributed by atoms with van der Waals surface area (Å²) in [5.41, 5.74) is 6.08. The SMILES string of the molecule is CC1CC(N)CN(C2CCCCC2)C1. The minimum Gasteiger partial charge on any atom is -0.327 e. The van der Waals surface area contributed by atoms with Crippen LogP contribution in [0.1, 0.15) is 45.4 Å². The lowest BCUT2D eigenvalue weighted by atomic mass is 9.89. The minimum absolute atomic E-state index is 0.431. The van der Waals surface area contributed by atoms with Gasteiger partial charge in [-0.05, 0) is 25.2 Å². The Balaban J connectivity index is 1.88. The van der Waals surface area contributed by atoms with Crippen LogP contribution in [0.15, 0.2) is 0 Å². The van der Waals surface area contributed by atoms with Crippen molar-refractivity contribution in [2.75, 3.05) is 13.1 Å². The first-order valence-electron chi connectivity index (χ1n) is 6.25. The monoisotopic (exact) mass is 196 g/mol. The van der Waals surface area contributed by atoms with Gasteiger partial charge in [0.1, 0.15) is 0 Å². The first-order chi connectivity index (χ1) is 6.75. The summed E-state index contributed by atoms with van der Waals surface area (Å²) in [6.07, 6.45) is 8.38. The summed E-state index contributed by atoms with van der Waals surface area (Å²) in [5.74, 6) is 0.806. The van der Waals surface area contributed by atoms with E-state index in [0.717, 1.165) is 18.5 Å². The highest BCUT2D eigenvalue weighted by atomic mass is 15.2. The van der Waals surface area contributed by atoms with Crippen molar-refractivity contribution in [3.63, 3.8) is 0 Å². The topological polar surface area (TPSA) is 29.3 Å². The zero-order chi connectivity index (χ0) is 9.97. The van der Waals surface area contributed by atoms with Gasteiger partial charge < -0.3 is 5.73 Å². The van der Waals surface area contributed by atoms with Crippen LogP contribution in [0.3, 0.4) is 0 Å². The summed E-state index contributed by atoms with van der Waals surface area (Å²) in [5, 5.41) is 0. The Kier molecular flexibility index (Phi) is 3.45. The smallest absolute Gasteiger partial charge is 0.0170 e. The van der Waals surface area contributed by atoms with Gasteiger partial charge in [0, 0.05) is 25.2 Å². The number of rotatable bonds is 1. The second kappa shape index (κ2) is 4.63. The van der Waals surface area contributed by atoms with Crippen LogP contribution in [0, 0.1) is 5.92 Å². The molecule has 82 valence electrons. The quantitative estimate of drug-likeness (QED) is 0.695. The summed E-state index contributed by atoms with van der Waals surface area (Å²) in [6, 6.07) is 1.29. The van der Waals surface area contributed by atoms with E-state index in [1.165, 1.54) is 45.1 Å². The lowest BCUT2D eigenvalue weighted by molar-refractivity contribution is 0.0926. The average Bonchev–Trinajstić information content (AvgIpc) is 2.18. The van der Waals surface area contributed by atoms with E-state index in [1.54, 1.807) is 0 Å². The molecule has 2 nitrogen and oxygen atoms in total. The number of piperidine rings is 1. The van der Waals surface area contributed by atoms with Crippen molar-refractivity contribution in [3.05, 3.63) is 0 Å². The van der Waals surface area contributed by atoms with Gasteiger partial charge in [0.05, 0.1) is 0 Å². The van der Waals surface area contributed by atoms with Crippen LogP contribution < -0.4 is 5.73 Å². The highest BCUT2D eigenvalue weighted by Gasteiger charge is 2.28. The van der Waals surface area contributed by atoms with Crippen molar-refractivity contribution in [2.24, 2.45) is 11.7 Å². The Bertz CT molecular complexity index is 165. The maximum Gasteiger partial charge on any atom is 0.0170 e. The number of nitrogens with zero attached hydrogens (tertiary/aromatic N) is 1. The van der Waals surface area contributed by atoms with Crippen LogP contribution >= 0.6 is 0 Å². The molecule has 2 rings (SSSR count). The third-order valence-corrected chi connectivity index (χ3v) is 3.81. The molecule has 1 saturated heterocycles. The van der Waals surface area contributed by atoms with Crippen molar-refractivity contribution in [2.45, 2.75) is 57.5 Å². The normalized spacial score (nSPS) is 37.3. The van der Waals surface area contributed by atoms with Gasteiger partial charge in [-0.25, -0.2) is 0 Å². The fraction of sp³-hybridized carbons (Fsp3) is 1.00. The molecule has 1 heterocycles. The molecule has 0 spiro atoms. The van der Waals surface area contributed by atoms with E-state index in [2.05, 4.69) is 11.8 Å². The number of hydrogen-bond acceptors (Lipinski definition) is 2. The Morgan fingerprint density at radius 2 is 1.79 bits per heavy atom. The molecule has 0 amide bonds. The molecule has 0 aromatic carbocycles. The molecule has 2 aliphatic rings. The van der Waals surface area contributed by atoms with Crippen molar-refractivity contribution >= 4 is 0 Å². The second-order valence-corrected chi connectivity index (χ2v) is 5.35. The highest BCUT2D eigenvalue weighted by molar-refractivity contribution is 4.85. The van der Waals surface area contributed by atoms with Gasteiger partial charge in [-0.3, -0.25) is 4.90 Å². The Morgan fingerprint density at radius 3 is 2.43 bits per heavy atom. The van der Waals surface area contributed by atoms with Crippen LogP contribution in [0.4, 0.5) is 0 Å². The fourth-order valence-corrected chi connectivity index (χ4v) is 3.19. The number of likely N-dealkylation sites (tertiary alicyclic amines) is 1. The molecule has 1 saturated carbocycles. The average molecular weight is 196 g/mol. The number of hydrogen-bond donors (Lipinski definition) is 1. The molecule has 2 heteroatoms. The van der Waals surface area contributed by atoms with Gasteiger partial charge >= 0.3 is 0 Å². The molecule has 0 bridgehead atoms. The summed E-state index contributed by atoms with van der Waals surface area (Å²) >= 11 is 0. The maximum atomic E-state index is 6.08. The van der Waals surface area contributed by atoms with E-state index >= 15 is 0 Å². The molecule has 0 aromatic heterocycles. The molecule has 1 aliphatic carbocycles. The van der Waals surface area contributed by atoms with Gasteiger partial charge in [-0.15, -0.1) is 0 Å². The molecule has 2 N–H and O–H groups in total. The first-order valence-corrected chi connectivity index (χ1v) is 6.25. The molecule has 0 aromatic rings. The lowest BCUT2D eigenvalue weighted by Crippen LogP contribution is -2.50. The van der Waals surface area contributed by atoms with Crippen LogP contribution in [-0.4, -0.2) is 30.1 Å². The third-order valence-electron chi connectivity index (χ3n) is 3.81. The van der Waals surface area contributed by atoms with Crippen LogP contribution in [0.5, 0.6) is 0 Å². The van der Waals surface area contributed by atoms with Crippen molar-refractivity contribution in [3.8, 4) is 0 Å². The van der Waals surface area contributed by atoms with Crippen molar-refractivity contribution in [1.82, 2.24) is 4.90 Å². The molecule has 2 atom stereocenters. The van der Waals surface area contributed by atoms with E-state index in [1.807, 2.05) is 0 Å². The van der Waals surface area contributed by atoms with E-state index in [-0.39, 0.29) is 0 Å². The largest absolute Gasteiger partial charge is 0.327 e. The fourth-order valence-electron chi connectivity index (χ4n) is 3.19. The van der Waals surface area contributed by atoms with Crippen LogP contribution in [0.25, 0.3) is 0 Å². The summed E-state index contributed by atoms with van der Waals surface area (Å²) in [4.78, 5) is 2.66. The molecular weight excluding hydrogens is 172 g/mol. The van der Waals surface area contributed by atoms with Gasteiger partial charge in [0.25, 0.3) is 0 Å². The first kappa shape index (κ1) is 10.4. The molecule has 2 unspecified atom stereocenters. The maximum absolute atomic E-state index is 6.08. The molecule has 0 radical (unpaired) electrons. The van der Waals surface area contributed by atoms with E-state index in [9.17, 15) is 0 Å². The Labute approximate surface area is 87.8 Å². The van der Waals surface area contributed by atoms with E-state index in [0.29, 0.717) is 6.04 Å². The van der Waals surface area contributed by atoms with Crippen LogP contribution in [-0.2, 0) is 0 Å². The Hall–Kier alpha value is -0.0800. The lowest BCUT2D eigenvalue weighted by Gasteiger charge is -2.41. The van der Waals surface area contributed by atoms with Gasteiger partial charge in [0.2, 0.25) is 0 Å². The second-order valence-electron chi connectivity index (χ2n) is 5.35. The third kappa shape index (κ3) is 2.48. The zero-order valence-electron chi connectivity index (χ0n) is 9.41. The standard InChI is InChI=1S/C12H24N2/c1-10-7-11(13)9-14(8-10)12-5-3-2-4-6-12/h10-12H,2-9,13H2,1H3. The molecule has 2 fully saturated rings. The molecular formula is C12H24N2. The van der Waals surface area contributed by atoms with Gasteiger partial charge in [0.15, 0.2) is 0 Å². The Morgan fingerprint density at radius 1 is 1.07 bits per heavy atom. The van der Waals surface area contributed by atoms with Crippen molar-refractivity contribution in [1.29, 1.82) is 0 Å². The van der Waals surface area contributed by atoms with Crippen LogP contribution in [0.2, 0.25) is 0 Å². The predicted molar refractivity (Wildman–Crippen MR) is 60.2 cm³/mol. The molecule has 1 aliphatic heterocycles. The number of nitrogens with two attached hydrogens (primary N) is 1. The summed E-state index contributed by atoms with van der Waals surface area (Å²) in [7, 11) is 0. The van der Waals surface area contributed by atoms with Crippen molar-refractivity contribution < 1.29 is 0 Å². The van der Waals surface area contributed by atoms with Gasteiger partial charge in [-0.1, -0.05) is 26.2 Å². The van der Waals surface area contributed by atoms with E-state index in [4.69, 9.17) is 5.73 Å². The minimum atomic E-state index is 0.431. The zero-order valence-corrected chi connectivity index (χ0v) is 9.41. The summed E-state index contributed by atoms with van der Waals surface area (Å²) in [6.45, 7) is 4.78. The van der Waals surface area contributed by atoms with Gasteiger partial charge in [-0.2, -0.15) is 0 Å².